The molecule has 0 bridgehead atoms. The van der Waals surface area contributed by atoms with E-state index in [4.69, 9.17) is 28.0 Å². The zero-order valence-electron chi connectivity index (χ0n) is 23.0. The number of thioether (sulfide) groups is 2. The molecule has 4 N–H and O–H groups in total. The highest BCUT2D eigenvalue weighted by molar-refractivity contribution is 8.01. The fraction of sp³-hybridized carbons (Fsp3) is 0.417. The Hall–Kier alpha value is -3.58. The Morgan fingerprint density at radius 3 is 2.63 bits per heavy atom. The van der Waals surface area contributed by atoms with Crippen molar-refractivity contribution in [2.24, 2.45) is 10.6 Å². The molecule has 246 valence electrons. The largest absolute Gasteiger partial charge is 0.481 e. The van der Waals surface area contributed by atoms with Gasteiger partial charge in [-0.25, -0.2) is 9.97 Å². The lowest BCUT2D eigenvalue weighted by Gasteiger charge is -2.53. The topological polar surface area (TPSA) is 200 Å². The van der Waals surface area contributed by atoms with Crippen LogP contribution in [0.3, 0.4) is 0 Å². The summed E-state index contributed by atoms with van der Waals surface area (Å²) in [4.78, 5) is 75.9. The summed E-state index contributed by atoms with van der Waals surface area (Å²) < 4.78 is 38.2. The number of β-lactam (4-membered cyclic amide) rings is 1. The van der Waals surface area contributed by atoms with Crippen molar-refractivity contribution >= 4 is 98.3 Å². The molecule has 3 atom stereocenters. The van der Waals surface area contributed by atoms with Crippen LogP contribution in [0.25, 0.3) is 0 Å². The van der Waals surface area contributed by atoms with E-state index in [2.05, 4.69) is 26.4 Å². The quantitative estimate of drug-likeness (QED) is 0.0619. The first-order chi connectivity index (χ1) is 21.6. The maximum Gasteiger partial charge on any atom is 0.471 e. The van der Waals surface area contributed by atoms with E-state index >= 15 is 0 Å². The second-order valence-corrected chi connectivity index (χ2v) is 14.6. The SMILES string of the molecule is C#CCON=C(C(=O)NC1C(=O)N2CC(CSc3nc(C)c(CC(=O)O)s3)(C(=O)O)CS[C@H]12)c1nc(NC(=O)C(F)(F)F)sc1Cl. The minimum atomic E-state index is -5.22. The molecule has 0 radical (unpaired) electrons. The monoisotopic (exact) mass is 740 g/mol. The number of oxime groups is 1. The Kier molecular flexibility index (Phi) is 10.8. The van der Waals surface area contributed by atoms with Gasteiger partial charge in [0.05, 0.1) is 12.1 Å². The Balaban J connectivity index is 1.46. The number of aryl methyl sites for hydroxylation is 1. The summed E-state index contributed by atoms with van der Waals surface area (Å²) in [7, 11) is 0. The zero-order valence-corrected chi connectivity index (χ0v) is 27.1. The highest BCUT2D eigenvalue weighted by atomic mass is 35.5. The number of amides is 3. The van der Waals surface area contributed by atoms with Crippen LogP contribution in [-0.2, 0) is 35.2 Å². The van der Waals surface area contributed by atoms with E-state index in [0.29, 0.717) is 26.2 Å². The van der Waals surface area contributed by atoms with Crippen LogP contribution >= 0.6 is 57.8 Å². The lowest BCUT2D eigenvalue weighted by molar-refractivity contribution is -0.167. The molecular formula is C24H20ClF3N6O8S4. The summed E-state index contributed by atoms with van der Waals surface area (Å²) in [5.41, 5.74) is -1.95. The summed E-state index contributed by atoms with van der Waals surface area (Å²) in [5, 5.41) is 25.5. The maximum atomic E-state index is 13.2. The van der Waals surface area contributed by atoms with E-state index in [1.165, 1.54) is 10.2 Å². The van der Waals surface area contributed by atoms with E-state index in [9.17, 15) is 42.3 Å². The highest BCUT2D eigenvalue weighted by Crippen LogP contribution is 2.45. The minimum absolute atomic E-state index is 0.0290. The van der Waals surface area contributed by atoms with E-state index in [-0.39, 0.29) is 28.8 Å². The van der Waals surface area contributed by atoms with Gasteiger partial charge in [0.25, 0.3) is 5.91 Å². The van der Waals surface area contributed by atoms with Gasteiger partial charge in [-0.1, -0.05) is 45.8 Å². The van der Waals surface area contributed by atoms with Gasteiger partial charge in [-0.2, -0.15) is 13.2 Å². The van der Waals surface area contributed by atoms with Crippen LogP contribution in [0.4, 0.5) is 18.3 Å². The summed E-state index contributed by atoms with van der Waals surface area (Å²) >= 11 is 9.89. The fourth-order valence-corrected chi connectivity index (χ4v) is 9.20. The second-order valence-electron chi connectivity index (χ2n) is 9.56. The van der Waals surface area contributed by atoms with Crippen molar-refractivity contribution in [2.45, 2.75) is 35.3 Å². The molecule has 46 heavy (non-hydrogen) atoms. The molecule has 0 aromatic carbocycles. The lowest BCUT2D eigenvalue weighted by Crippen LogP contribution is -2.74. The number of halogens is 4. The fourth-order valence-electron chi connectivity index (χ4n) is 4.08. The van der Waals surface area contributed by atoms with Crippen molar-refractivity contribution in [3.8, 4) is 12.3 Å². The number of carboxylic acid groups (broad SMARTS) is 2. The number of anilines is 1. The minimum Gasteiger partial charge on any atom is -0.481 e. The second kappa shape index (κ2) is 14.0. The first kappa shape index (κ1) is 35.3. The molecule has 2 aliphatic rings. The molecule has 22 heteroatoms. The Bertz CT molecular complexity index is 1660. The molecule has 2 saturated heterocycles. The van der Waals surface area contributed by atoms with Crippen molar-refractivity contribution in [3.05, 3.63) is 20.6 Å². The van der Waals surface area contributed by atoms with E-state index < -0.39 is 75.8 Å². The molecule has 0 saturated carbocycles. The van der Waals surface area contributed by atoms with Gasteiger partial charge in [0.1, 0.15) is 31.2 Å². The average molecular weight is 741 g/mol. The molecule has 2 aromatic heterocycles. The smallest absolute Gasteiger partial charge is 0.471 e. The third-order valence-corrected chi connectivity index (χ3v) is 11.7. The first-order valence-corrected chi connectivity index (χ1v) is 16.6. The number of rotatable bonds is 12. The van der Waals surface area contributed by atoms with Crippen molar-refractivity contribution in [2.75, 3.05) is 30.0 Å². The Morgan fingerprint density at radius 2 is 2.00 bits per heavy atom. The standard InChI is InChI=1S/C24H20ClF3N6O8S4/c1-3-4-42-33-13(12-15(25)46-21(31-12)32-19(39)24(26,27)28)16(37)30-14-17(38)34-6-23(20(40)41,7-43-18(14)34)8-44-22-29-9(2)10(45-22)5-11(35)36/h1,14,18H,4-8H2,2H3,(H,30,37)(H,35,36)(H,40,41)(H,31,32,39)/t14?,18-,23?/m1/s1. The number of carbonyl (C=O) groups is 5. The van der Waals surface area contributed by atoms with Gasteiger partial charge in [-0.3, -0.25) is 29.3 Å². The highest BCUT2D eigenvalue weighted by Gasteiger charge is 2.57. The number of aromatic nitrogens is 2. The Labute approximate surface area is 278 Å². The normalized spacial score (nSPS) is 21.1. The van der Waals surface area contributed by atoms with Crippen molar-refractivity contribution < 1.29 is 52.2 Å². The summed E-state index contributed by atoms with van der Waals surface area (Å²) in [6.45, 7) is 1.06. The molecule has 0 spiro atoms. The third kappa shape index (κ3) is 7.68. The summed E-state index contributed by atoms with van der Waals surface area (Å²) in [6.07, 6.45) is -0.312. The number of hydrogen-bond acceptors (Lipinski definition) is 13. The number of nitrogens with zero attached hydrogens (tertiary/aromatic N) is 4. The molecule has 14 nitrogen and oxygen atoms in total. The summed E-state index contributed by atoms with van der Waals surface area (Å²) in [5.74, 6) is -4.00. The number of hydrogen-bond donors (Lipinski definition) is 4. The molecule has 2 unspecified atom stereocenters. The van der Waals surface area contributed by atoms with Gasteiger partial charge in [0, 0.05) is 22.9 Å². The van der Waals surface area contributed by atoms with Crippen LogP contribution in [-0.4, -0.2) is 103 Å². The summed E-state index contributed by atoms with van der Waals surface area (Å²) in [6, 6.07) is -1.14. The maximum absolute atomic E-state index is 13.2. The van der Waals surface area contributed by atoms with Crippen molar-refractivity contribution in [3.63, 3.8) is 0 Å². The zero-order chi connectivity index (χ0) is 34.0. The third-order valence-electron chi connectivity index (χ3n) is 6.35. The molecule has 2 aliphatic heterocycles. The van der Waals surface area contributed by atoms with E-state index in [0.717, 1.165) is 34.9 Å². The van der Waals surface area contributed by atoms with Crippen LogP contribution in [0.15, 0.2) is 9.50 Å². The number of carbonyl (C=O) groups excluding carboxylic acids is 3. The van der Waals surface area contributed by atoms with E-state index in [1.807, 2.05) is 0 Å². The van der Waals surface area contributed by atoms with Gasteiger partial charge >= 0.3 is 24.0 Å². The number of aliphatic carboxylic acids is 2. The molecule has 4 rings (SSSR count). The van der Waals surface area contributed by atoms with Gasteiger partial charge in [0.15, 0.2) is 17.5 Å². The van der Waals surface area contributed by atoms with Crippen molar-refractivity contribution in [1.29, 1.82) is 0 Å². The van der Waals surface area contributed by atoms with Gasteiger partial charge in [-0.05, 0) is 6.92 Å². The number of carboxylic acids is 2. The number of fused-ring (bicyclic) bond motifs is 1. The van der Waals surface area contributed by atoms with Crippen molar-refractivity contribution in [1.82, 2.24) is 20.2 Å². The van der Waals surface area contributed by atoms with Gasteiger partial charge < -0.3 is 25.3 Å². The predicted octanol–water partition coefficient (Wildman–Crippen LogP) is 2.31. The number of nitrogens with one attached hydrogen (secondary N) is 2. The molecule has 2 fully saturated rings. The van der Waals surface area contributed by atoms with Crippen LogP contribution in [0.5, 0.6) is 0 Å². The predicted molar refractivity (Wildman–Crippen MR) is 162 cm³/mol. The molecule has 3 amide bonds. The molecular weight excluding hydrogens is 721 g/mol. The molecule has 0 aliphatic carbocycles. The van der Waals surface area contributed by atoms with Crippen LogP contribution in [0, 0.1) is 24.7 Å². The van der Waals surface area contributed by atoms with Gasteiger partial charge in [0.2, 0.25) is 5.91 Å². The number of terminal acetylenes is 1. The lowest BCUT2D eigenvalue weighted by atomic mass is 9.89. The van der Waals surface area contributed by atoms with Gasteiger partial charge in [-0.15, -0.1) is 29.5 Å². The molecule has 2 aromatic rings. The first-order valence-electron chi connectivity index (χ1n) is 12.5. The number of alkyl halides is 3. The van der Waals surface area contributed by atoms with E-state index in [1.54, 1.807) is 6.92 Å². The van der Waals surface area contributed by atoms with Crippen LogP contribution in [0.1, 0.15) is 16.3 Å². The Morgan fingerprint density at radius 1 is 1.28 bits per heavy atom. The average Bonchev–Trinajstić information content (AvgIpc) is 3.51. The molecule has 4 heterocycles. The van der Waals surface area contributed by atoms with Crippen LogP contribution < -0.4 is 10.6 Å². The van der Waals surface area contributed by atoms with Crippen LogP contribution in [0.2, 0.25) is 4.34 Å². The number of thiazole rings is 2.